The lowest BCUT2D eigenvalue weighted by molar-refractivity contribution is -0.146. The number of fused-ring (bicyclic) bond motifs is 1. The summed E-state index contributed by atoms with van der Waals surface area (Å²) in [6.07, 6.45) is 0. The predicted octanol–water partition coefficient (Wildman–Crippen LogP) is 2.64. The van der Waals surface area contributed by atoms with Crippen molar-refractivity contribution in [1.82, 2.24) is 5.32 Å². The van der Waals surface area contributed by atoms with Crippen LogP contribution in [0.15, 0.2) is 42.5 Å². The van der Waals surface area contributed by atoms with E-state index >= 15 is 0 Å². The van der Waals surface area contributed by atoms with Crippen LogP contribution in [-0.2, 0) is 9.53 Å². The normalized spacial score (nSPS) is 23.7. The molecular formula is C20H21NO5. The Hall–Kier alpha value is -2.73. The summed E-state index contributed by atoms with van der Waals surface area (Å²) in [7, 11) is 3.07. The standard InChI is InChI=1S/C20H21NO5/c1-23-14-6-3-12(4-7-14)19-18(20(22)24-2)15(10-21-19)13-5-8-16-17(9-13)26-11-25-16/h3-9,15,18-19,21H,10-11H2,1-2H3/t15-,18+,19+/m1/s1. The summed E-state index contributed by atoms with van der Waals surface area (Å²) in [6, 6.07) is 13.5. The van der Waals surface area contributed by atoms with Gasteiger partial charge in [-0.05, 0) is 35.4 Å². The lowest BCUT2D eigenvalue weighted by atomic mass is 9.83. The van der Waals surface area contributed by atoms with Crippen LogP contribution in [-0.4, -0.2) is 33.5 Å². The van der Waals surface area contributed by atoms with Crippen molar-refractivity contribution in [1.29, 1.82) is 0 Å². The molecule has 26 heavy (non-hydrogen) atoms. The second-order valence-electron chi connectivity index (χ2n) is 6.43. The summed E-state index contributed by atoms with van der Waals surface area (Å²) >= 11 is 0. The van der Waals surface area contributed by atoms with E-state index in [4.69, 9.17) is 18.9 Å². The maximum absolute atomic E-state index is 12.6. The summed E-state index contributed by atoms with van der Waals surface area (Å²) in [6.45, 7) is 0.909. The number of carbonyl (C=O) groups excluding carboxylic acids is 1. The third-order valence-electron chi connectivity index (χ3n) is 5.12. The molecular weight excluding hydrogens is 334 g/mol. The molecule has 1 saturated heterocycles. The number of hydrogen-bond donors (Lipinski definition) is 1. The molecule has 136 valence electrons. The van der Waals surface area contributed by atoms with Crippen LogP contribution in [0.3, 0.4) is 0 Å². The van der Waals surface area contributed by atoms with Crippen molar-refractivity contribution in [3.8, 4) is 17.2 Å². The molecule has 0 aromatic heterocycles. The van der Waals surface area contributed by atoms with Crippen molar-refractivity contribution in [3.63, 3.8) is 0 Å². The molecule has 2 heterocycles. The fraction of sp³-hybridized carbons (Fsp3) is 0.350. The molecule has 0 aliphatic carbocycles. The molecule has 2 aliphatic rings. The molecule has 0 spiro atoms. The Labute approximate surface area is 152 Å². The van der Waals surface area contributed by atoms with Gasteiger partial charge < -0.3 is 24.3 Å². The average molecular weight is 355 g/mol. The first kappa shape index (κ1) is 16.7. The van der Waals surface area contributed by atoms with Crippen LogP contribution < -0.4 is 19.5 Å². The average Bonchev–Trinajstić information content (AvgIpc) is 3.33. The highest BCUT2D eigenvalue weighted by Gasteiger charge is 2.43. The van der Waals surface area contributed by atoms with E-state index in [1.54, 1.807) is 7.11 Å². The molecule has 0 amide bonds. The van der Waals surface area contributed by atoms with E-state index in [9.17, 15) is 4.79 Å². The predicted molar refractivity (Wildman–Crippen MR) is 94.5 cm³/mol. The molecule has 0 saturated carbocycles. The van der Waals surface area contributed by atoms with Crippen molar-refractivity contribution in [2.24, 2.45) is 5.92 Å². The first-order valence-corrected chi connectivity index (χ1v) is 8.56. The van der Waals surface area contributed by atoms with Gasteiger partial charge in [-0.3, -0.25) is 4.79 Å². The van der Waals surface area contributed by atoms with Gasteiger partial charge in [-0.2, -0.15) is 0 Å². The Bertz CT molecular complexity index is 804. The Kier molecular flexibility index (Phi) is 4.42. The second-order valence-corrected chi connectivity index (χ2v) is 6.43. The highest BCUT2D eigenvalue weighted by atomic mass is 16.7. The highest BCUT2D eigenvalue weighted by molar-refractivity contribution is 5.75. The van der Waals surface area contributed by atoms with Gasteiger partial charge in [-0.1, -0.05) is 18.2 Å². The maximum atomic E-state index is 12.6. The van der Waals surface area contributed by atoms with Gasteiger partial charge in [0.05, 0.1) is 20.1 Å². The van der Waals surface area contributed by atoms with Crippen molar-refractivity contribution in [2.75, 3.05) is 27.6 Å². The van der Waals surface area contributed by atoms with E-state index in [1.165, 1.54) is 7.11 Å². The van der Waals surface area contributed by atoms with Crippen LogP contribution in [0.2, 0.25) is 0 Å². The molecule has 3 atom stereocenters. The zero-order valence-corrected chi connectivity index (χ0v) is 14.7. The zero-order chi connectivity index (χ0) is 18.1. The third-order valence-corrected chi connectivity index (χ3v) is 5.12. The smallest absolute Gasteiger partial charge is 0.311 e. The quantitative estimate of drug-likeness (QED) is 0.851. The third kappa shape index (κ3) is 2.86. The minimum Gasteiger partial charge on any atom is -0.497 e. The summed E-state index contributed by atoms with van der Waals surface area (Å²) in [5.41, 5.74) is 2.07. The molecule has 4 rings (SSSR count). The van der Waals surface area contributed by atoms with Crippen LogP contribution >= 0.6 is 0 Å². The minimum atomic E-state index is -0.325. The number of methoxy groups -OCH3 is 2. The van der Waals surface area contributed by atoms with E-state index < -0.39 is 0 Å². The van der Waals surface area contributed by atoms with E-state index in [-0.39, 0.29) is 30.6 Å². The van der Waals surface area contributed by atoms with E-state index in [0.717, 1.165) is 28.4 Å². The molecule has 0 unspecified atom stereocenters. The largest absolute Gasteiger partial charge is 0.497 e. The van der Waals surface area contributed by atoms with Gasteiger partial charge in [0.1, 0.15) is 5.75 Å². The number of rotatable bonds is 4. The van der Waals surface area contributed by atoms with E-state index in [1.807, 2.05) is 42.5 Å². The lowest BCUT2D eigenvalue weighted by Gasteiger charge is -2.22. The zero-order valence-electron chi connectivity index (χ0n) is 14.7. The van der Waals surface area contributed by atoms with Crippen LogP contribution in [0.5, 0.6) is 17.2 Å². The number of esters is 1. The van der Waals surface area contributed by atoms with Crippen LogP contribution in [0.25, 0.3) is 0 Å². The van der Waals surface area contributed by atoms with Crippen LogP contribution in [0, 0.1) is 5.92 Å². The fourth-order valence-electron chi connectivity index (χ4n) is 3.78. The van der Waals surface area contributed by atoms with E-state index in [0.29, 0.717) is 6.54 Å². The Morgan fingerprint density at radius 2 is 1.77 bits per heavy atom. The second kappa shape index (κ2) is 6.88. The van der Waals surface area contributed by atoms with Gasteiger partial charge >= 0.3 is 5.97 Å². The Balaban J connectivity index is 1.66. The van der Waals surface area contributed by atoms with Gasteiger partial charge in [0.2, 0.25) is 6.79 Å². The molecule has 2 aromatic rings. The minimum absolute atomic E-state index is 0.0101. The van der Waals surface area contributed by atoms with Gasteiger partial charge in [-0.25, -0.2) is 0 Å². The van der Waals surface area contributed by atoms with Crippen molar-refractivity contribution < 1.29 is 23.7 Å². The van der Waals surface area contributed by atoms with Gasteiger partial charge in [0.15, 0.2) is 11.5 Å². The number of benzene rings is 2. The number of nitrogens with one attached hydrogen (secondary N) is 1. The summed E-state index contributed by atoms with van der Waals surface area (Å²) < 4.78 is 21.2. The molecule has 2 aromatic carbocycles. The SMILES string of the molecule is COC(=O)[C@H]1[C@@H](c2ccc3c(c2)OCO3)CN[C@H]1c1ccc(OC)cc1. The summed E-state index contributed by atoms with van der Waals surface area (Å²) in [5.74, 6) is 1.69. The van der Waals surface area contributed by atoms with Crippen LogP contribution in [0.4, 0.5) is 0 Å². The number of ether oxygens (including phenoxy) is 4. The van der Waals surface area contributed by atoms with Crippen molar-refractivity contribution in [3.05, 3.63) is 53.6 Å². The molecule has 1 fully saturated rings. The molecule has 6 heteroatoms. The number of carbonyl (C=O) groups is 1. The molecule has 2 aliphatic heterocycles. The number of hydrogen-bond acceptors (Lipinski definition) is 6. The fourth-order valence-corrected chi connectivity index (χ4v) is 3.78. The first-order valence-electron chi connectivity index (χ1n) is 8.56. The Morgan fingerprint density at radius 1 is 1.04 bits per heavy atom. The van der Waals surface area contributed by atoms with Gasteiger partial charge in [0, 0.05) is 18.5 Å². The Morgan fingerprint density at radius 3 is 2.50 bits per heavy atom. The van der Waals surface area contributed by atoms with Crippen molar-refractivity contribution >= 4 is 5.97 Å². The molecule has 0 bridgehead atoms. The topological polar surface area (TPSA) is 66.0 Å². The monoisotopic (exact) mass is 355 g/mol. The van der Waals surface area contributed by atoms with Gasteiger partial charge in [-0.15, -0.1) is 0 Å². The summed E-state index contributed by atoms with van der Waals surface area (Å²) in [4.78, 5) is 12.6. The molecule has 6 nitrogen and oxygen atoms in total. The molecule has 0 radical (unpaired) electrons. The van der Waals surface area contributed by atoms with Gasteiger partial charge in [0.25, 0.3) is 0 Å². The van der Waals surface area contributed by atoms with Crippen molar-refractivity contribution in [2.45, 2.75) is 12.0 Å². The molecule has 1 N–H and O–H groups in total. The van der Waals surface area contributed by atoms with Crippen LogP contribution in [0.1, 0.15) is 23.1 Å². The maximum Gasteiger partial charge on any atom is 0.311 e. The first-order chi connectivity index (χ1) is 12.7. The van der Waals surface area contributed by atoms with E-state index in [2.05, 4.69) is 5.32 Å². The lowest BCUT2D eigenvalue weighted by Crippen LogP contribution is -2.26. The summed E-state index contributed by atoms with van der Waals surface area (Å²) in [5, 5.41) is 3.48. The highest BCUT2D eigenvalue weighted by Crippen LogP contribution is 2.43.